The first-order valence-corrected chi connectivity index (χ1v) is 7.49. The summed E-state index contributed by atoms with van der Waals surface area (Å²) in [5.74, 6) is -0.125. The van der Waals surface area contributed by atoms with Crippen LogP contribution in [0, 0.1) is 0 Å². The largest absolute Gasteiger partial charge is 0.497 e. The number of carboxylic acid groups (broad SMARTS) is 1. The molecule has 3 rings (SSSR count). The van der Waals surface area contributed by atoms with Crippen molar-refractivity contribution >= 4 is 23.2 Å². The zero-order valence-electron chi connectivity index (χ0n) is 12.5. The zero-order chi connectivity index (χ0) is 16.4. The van der Waals surface area contributed by atoms with Crippen LogP contribution in [0.1, 0.15) is 12.1 Å². The van der Waals surface area contributed by atoms with Gasteiger partial charge in [0, 0.05) is 18.2 Å². The summed E-state index contributed by atoms with van der Waals surface area (Å²) in [5, 5.41) is 9.58. The van der Waals surface area contributed by atoms with Gasteiger partial charge in [0.2, 0.25) is 0 Å². The predicted octanol–water partition coefficient (Wildman–Crippen LogP) is 3.68. The first-order valence-electron chi connectivity index (χ1n) is 7.11. The highest BCUT2D eigenvalue weighted by molar-refractivity contribution is 6.30. The number of rotatable bonds is 5. The van der Waals surface area contributed by atoms with E-state index in [1.807, 2.05) is 34.7 Å². The fraction of sp³-hybridized carbons (Fsp3) is 0.176. The van der Waals surface area contributed by atoms with Gasteiger partial charge in [-0.2, -0.15) is 0 Å². The summed E-state index contributed by atoms with van der Waals surface area (Å²) in [6.07, 6.45) is 2.14. The van der Waals surface area contributed by atoms with Crippen molar-refractivity contribution in [2.75, 3.05) is 7.11 Å². The predicted molar refractivity (Wildman–Crippen MR) is 88.1 cm³/mol. The van der Waals surface area contributed by atoms with E-state index in [2.05, 4.69) is 4.98 Å². The normalized spacial score (nSPS) is 10.9. The van der Waals surface area contributed by atoms with Crippen molar-refractivity contribution in [1.29, 1.82) is 0 Å². The number of methoxy groups -OCH3 is 1. The van der Waals surface area contributed by atoms with Gasteiger partial charge >= 0.3 is 5.97 Å². The molecule has 0 amide bonds. The van der Waals surface area contributed by atoms with Crippen LogP contribution >= 0.6 is 11.6 Å². The number of hydrogen-bond acceptors (Lipinski definition) is 3. The third-order valence-electron chi connectivity index (χ3n) is 3.60. The van der Waals surface area contributed by atoms with Crippen LogP contribution in [0.4, 0.5) is 0 Å². The number of carbonyl (C=O) groups is 1. The monoisotopic (exact) mass is 330 g/mol. The number of nitrogens with zero attached hydrogens (tertiary/aromatic N) is 2. The average molecular weight is 331 g/mol. The SMILES string of the molecule is COc1cccc(-c2nc3ccc(Cl)cn3c2CCC(=O)O)c1. The molecule has 2 heterocycles. The highest BCUT2D eigenvalue weighted by Gasteiger charge is 2.16. The Morgan fingerprint density at radius 3 is 2.91 bits per heavy atom. The minimum absolute atomic E-state index is 0.0251. The summed E-state index contributed by atoms with van der Waals surface area (Å²) in [6, 6.07) is 11.1. The number of aliphatic carboxylic acids is 1. The zero-order valence-corrected chi connectivity index (χ0v) is 13.2. The minimum atomic E-state index is -0.849. The van der Waals surface area contributed by atoms with Gasteiger partial charge < -0.3 is 14.2 Å². The van der Waals surface area contributed by atoms with Crippen molar-refractivity contribution in [3.05, 3.63) is 53.3 Å². The van der Waals surface area contributed by atoms with Crippen molar-refractivity contribution < 1.29 is 14.6 Å². The number of imidazole rings is 1. The van der Waals surface area contributed by atoms with E-state index in [-0.39, 0.29) is 6.42 Å². The summed E-state index contributed by atoms with van der Waals surface area (Å²) >= 11 is 6.07. The third-order valence-corrected chi connectivity index (χ3v) is 3.82. The quantitative estimate of drug-likeness (QED) is 0.775. The van der Waals surface area contributed by atoms with E-state index < -0.39 is 5.97 Å². The van der Waals surface area contributed by atoms with Crippen LogP contribution in [0.5, 0.6) is 5.75 Å². The second kappa shape index (κ2) is 6.30. The number of carboxylic acids is 1. The molecule has 0 aliphatic carbocycles. The van der Waals surface area contributed by atoms with Crippen LogP contribution in [0.15, 0.2) is 42.6 Å². The number of pyridine rings is 1. The number of ether oxygens (including phenoxy) is 1. The molecule has 0 aliphatic heterocycles. The molecular formula is C17H15ClN2O3. The summed E-state index contributed by atoms with van der Waals surface area (Å²) in [7, 11) is 1.61. The molecule has 2 aromatic heterocycles. The molecule has 3 aromatic rings. The maximum atomic E-state index is 11.0. The number of fused-ring (bicyclic) bond motifs is 1. The van der Waals surface area contributed by atoms with Gasteiger partial charge in [-0.15, -0.1) is 0 Å². The van der Waals surface area contributed by atoms with E-state index in [9.17, 15) is 4.79 Å². The summed E-state index contributed by atoms with van der Waals surface area (Å²) in [5.41, 5.74) is 3.17. The highest BCUT2D eigenvalue weighted by atomic mass is 35.5. The Morgan fingerprint density at radius 2 is 2.17 bits per heavy atom. The second-order valence-electron chi connectivity index (χ2n) is 5.11. The van der Waals surface area contributed by atoms with E-state index in [1.165, 1.54) is 0 Å². The summed E-state index contributed by atoms with van der Waals surface area (Å²) in [4.78, 5) is 15.6. The van der Waals surface area contributed by atoms with Gasteiger partial charge in [0.1, 0.15) is 11.4 Å². The Bertz CT molecular complexity index is 873. The molecular weight excluding hydrogens is 316 g/mol. The minimum Gasteiger partial charge on any atom is -0.497 e. The van der Waals surface area contributed by atoms with Crippen LogP contribution in [0.2, 0.25) is 5.02 Å². The number of aryl methyl sites for hydroxylation is 1. The number of halogens is 1. The van der Waals surface area contributed by atoms with Crippen LogP contribution in [-0.4, -0.2) is 27.6 Å². The molecule has 0 fully saturated rings. The number of aromatic nitrogens is 2. The first-order chi connectivity index (χ1) is 11.1. The molecule has 6 heteroatoms. The van der Waals surface area contributed by atoms with Gasteiger partial charge in [-0.25, -0.2) is 4.98 Å². The molecule has 0 bridgehead atoms. The van der Waals surface area contributed by atoms with Crippen molar-refractivity contribution in [2.45, 2.75) is 12.8 Å². The van der Waals surface area contributed by atoms with E-state index >= 15 is 0 Å². The Kier molecular flexibility index (Phi) is 4.21. The molecule has 118 valence electrons. The molecule has 0 radical (unpaired) electrons. The molecule has 23 heavy (non-hydrogen) atoms. The van der Waals surface area contributed by atoms with Crippen molar-refractivity contribution in [3.63, 3.8) is 0 Å². The lowest BCUT2D eigenvalue weighted by molar-refractivity contribution is -0.136. The Morgan fingerprint density at radius 1 is 1.35 bits per heavy atom. The molecule has 1 aromatic carbocycles. The lowest BCUT2D eigenvalue weighted by atomic mass is 10.1. The molecule has 0 saturated heterocycles. The average Bonchev–Trinajstić information content (AvgIpc) is 2.90. The molecule has 0 unspecified atom stereocenters. The molecule has 0 aliphatic rings. The number of benzene rings is 1. The lowest BCUT2D eigenvalue weighted by Crippen LogP contribution is -2.01. The van der Waals surface area contributed by atoms with Crippen LogP contribution in [0.3, 0.4) is 0 Å². The van der Waals surface area contributed by atoms with E-state index in [0.717, 1.165) is 28.3 Å². The fourth-order valence-electron chi connectivity index (χ4n) is 2.53. The second-order valence-corrected chi connectivity index (χ2v) is 5.54. The molecule has 0 saturated carbocycles. The molecule has 1 N–H and O–H groups in total. The summed E-state index contributed by atoms with van der Waals surface area (Å²) in [6.45, 7) is 0. The third kappa shape index (κ3) is 3.14. The molecule has 0 spiro atoms. The highest BCUT2D eigenvalue weighted by Crippen LogP contribution is 2.29. The lowest BCUT2D eigenvalue weighted by Gasteiger charge is -2.06. The Labute approximate surface area is 138 Å². The van der Waals surface area contributed by atoms with Gasteiger partial charge in [-0.3, -0.25) is 4.79 Å². The van der Waals surface area contributed by atoms with Crippen molar-refractivity contribution in [2.24, 2.45) is 0 Å². The standard InChI is InChI=1S/C17H15ClN2O3/c1-23-13-4-2-3-11(9-13)17-14(6-8-16(21)22)20-10-12(18)5-7-15(20)19-17/h2-5,7,9-10H,6,8H2,1H3,(H,21,22). The van der Waals surface area contributed by atoms with Gasteiger partial charge in [0.05, 0.1) is 29.9 Å². The van der Waals surface area contributed by atoms with E-state index in [4.69, 9.17) is 21.4 Å². The Balaban J connectivity index is 2.17. The van der Waals surface area contributed by atoms with E-state index in [1.54, 1.807) is 19.4 Å². The topological polar surface area (TPSA) is 63.8 Å². The van der Waals surface area contributed by atoms with Crippen molar-refractivity contribution in [3.8, 4) is 17.0 Å². The fourth-order valence-corrected chi connectivity index (χ4v) is 2.69. The van der Waals surface area contributed by atoms with Gasteiger partial charge in [-0.1, -0.05) is 23.7 Å². The van der Waals surface area contributed by atoms with Crippen LogP contribution < -0.4 is 4.74 Å². The van der Waals surface area contributed by atoms with Gasteiger partial charge in [0.25, 0.3) is 0 Å². The smallest absolute Gasteiger partial charge is 0.303 e. The maximum absolute atomic E-state index is 11.0. The van der Waals surface area contributed by atoms with Gasteiger partial charge in [-0.05, 0) is 24.3 Å². The molecule has 0 atom stereocenters. The summed E-state index contributed by atoms with van der Waals surface area (Å²) < 4.78 is 7.11. The number of hydrogen-bond donors (Lipinski definition) is 1. The van der Waals surface area contributed by atoms with Crippen molar-refractivity contribution in [1.82, 2.24) is 9.38 Å². The van der Waals surface area contributed by atoms with Crippen LogP contribution in [0.25, 0.3) is 16.9 Å². The van der Waals surface area contributed by atoms with Crippen LogP contribution in [-0.2, 0) is 11.2 Å². The van der Waals surface area contributed by atoms with Gasteiger partial charge in [0.15, 0.2) is 0 Å². The van der Waals surface area contributed by atoms with E-state index in [0.29, 0.717) is 11.4 Å². The first kappa shape index (κ1) is 15.4. The molecule has 5 nitrogen and oxygen atoms in total. The maximum Gasteiger partial charge on any atom is 0.303 e. The Hall–Kier alpha value is -2.53.